The van der Waals surface area contributed by atoms with Gasteiger partial charge in [-0.3, -0.25) is 4.79 Å². The van der Waals surface area contributed by atoms with Crippen molar-refractivity contribution in [3.8, 4) is 0 Å². The number of thiophene rings is 1. The highest BCUT2D eigenvalue weighted by atomic mass is 32.2. The number of piperidine rings is 1. The first-order valence-corrected chi connectivity index (χ1v) is 10.0. The molecule has 1 aromatic heterocycles. The Balaban J connectivity index is 1.59. The Morgan fingerprint density at radius 3 is 2.57 bits per heavy atom. The lowest BCUT2D eigenvalue weighted by atomic mass is 9.99. The van der Waals surface area contributed by atoms with Gasteiger partial charge in [0.25, 0.3) is 0 Å². The number of fused-ring (bicyclic) bond motifs is 2. The molecule has 1 amide bonds. The van der Waals surface area contributed by atoms with E-state index in [9.17, 15) is 13.2 Å². The maximum absolute atomic E-state index is 12.1. The number of sulfonamides is 1. The molecule has 3 rings (SSSR count). The average molecular weight is 328 g/mol. The van der Waals surface area contributed by atoms with Crippen LogP contribution in [0.15, 0.2) is 16.8 Å². The number of carbonyl (C=O) groups is 1. The first-order valence-electron chi connectivity index (χ1n) is 7.22. The minimum Gasteiger partial charge on any atom is -0.353 e. The zero-order valence-corrected chi connectivity index (χ0v) is 13.6. The summed E-state index contributed by atoms with van der Waals surface area (Å²) < 4.78 is 25.3. The maximum atomic E-state index is 12.1. The second-order valence-electron chi connectivity index (χ2n) is 6.02. The Bertz CT molecular complexity index is 598. The van der Waals surface area contributed by atoms with Gasteiger partial charge in [0.1, 0.15) is 0 Å². The highest BCUT2D eigenvalue weighted by molar-refractivity contribution is 7.88. The molecule has 0 unspecified atom stereocenters. The minimum atomic E-state index is -3.13. The van der Waals surface area contributed by atoms with Crippen LogP contribution in [0.4, 0.5) is 0 Å². The SMILES string of the molecule is CS(=O)(=O)N1[C@H]2CC[C@H]1CC(NC(=O)Cc1ccsc1)C2. The van der Waals surface area contributed by atoms with Gasteiger partial charge in [0, 0.05) is 18.1 Å². The van der Waals surface area contributed by atoms with Crippen molar-refractivity contribution in [3.63, 3.8) is 0 Å². The molecule has 2 aliphatic heterocycles. The predicted molar refractivity (Wildman–Crippen MR) is 82.7 cm³/mol. The van der Waals surface area contributed by atoms with E-state index in [0.29, 0.717) is 6.42 Å². The molecule has 2 aliphatic rings. The topological polar surface area (TPSA) is 66.5 Å². The van der Waals surface area contributed by atoms with E-state index in [-0.39, 0.29) is 24.0 Å². The van der Waals surface area contributed by atoms with E-state index in [1.165, 1.54) is 6.26 Å². The molecule has 0 aromatic carbocycles. The molecule has 0 aliphatic carbocycles. The Labute approximate surface area is 129 Å². The smallest absolute Gasteiger partial charge is 0.224 e. The molecule has 0 spiro atoms. The second kappa shape index (κ2) is 5.70. The lowest BCUT2D eigenvalue weighted by Gasteiger charge is -2.37. The van der Waals surface area contributed by atoms with Crippen molar-refractivity contribution in [2.24, 2.45) is 0 Å². The fourth-order valence-corrected chi connectivity index (χ4v) is 5.79. The van der Waals surface area contributed by atoms with Crippen LogP contribution in [0.3, 0.4) is 0 Å². The second-order valence-corrected chi connectivity index (χ2v) is 8.69. The summed E-state index contributed by atoms with van der Waals surface area (Å²) in [7, 11) is -3.13. The lowest BCUT2D eigenvalue weighted by molar-refractivity contribution is -0.121. The summed E-state index contributed by atoms with van der Waals surface area (Å²) in [4.78, 5) is 12.1. The van der Waals surface area contributed by atoms with Gasteiger partial charge >= 0.3 is 0 Å². The van der Waals surface area contributed by atoms with E-state index >= 15 is 0 Å². The zero-order valence-electron chi connectivity index (χ0n) is 12.0. The Morgan fingerprint density at radius 2 is 2.05 bits per heavy atom. The van der Waals surface area contributed by atoms with E-state index in [4.69, 9.17) is 0 Å². The van der Waals surface area contributed by atoms with Crippen LogP contribution in [0, 0.1) is 0 Å². The zero-order chi connectivity index (χ0) is 15.0. The fourth-order valence-electron chi connectivity index (χ4n) is 3.65. The van der Waals surface area contributed by atoms with Gasteiger partial charge in [0.15, 0.2) is 0 Å². The third kappa shape index (κ3) is 3.30. The van der Waals surface area contributed by atoms with Gasteiger partial charge in [-0.05, 0) is 48.1 Å². The number of hydrogen-bond acceptors (Lipinski definition) is 4. The molecule has 1 aromatic rings. The van der Waals surface area contributed by atoms with Crippen LogP contribution in [-0.4, -0.2) is 43.0 Å². The van der Waals surface area contributed by atoms with Crippen LogP contribution < -0.4 is 5.32 Å². The van der Waals surface area contributed by atoms with E-state index < -0.39 is 10.0 Å². The average Bonchev–Trinajstić information content (AvgIpc) is 2.95. The maximum Gasteiger partial charge on any atom is 0.224 e. The van der Waals surface area contributed by atoms with Crippen molar-refractivity contribution in [1.82, 2.24) is 9.62 Å². The summed E-state index contributed by atoms with van der Waals surface area (Å²) in [5.41, 5.74) is 1.04. The molecule has 21 heavy (non-hydrogen) atoms. The van der Waals surface area contributed by atoms with Crippen LogP contribution >= 0.6 is 11.3 Å². The van der Waals surface area contributed by atoms with E-state index in [0.717, 1.165) is 31.2 Å². The molecule has 2 bridgehead atoms. The van der Waals surface area contributed by atoms with Crippen LogP contribution in [0.5, 0.6) is 0 Å². The molecule has 0 saturated carbocycles. The van der Waals surface area contributed by atoms with Crippen molar-refractivity contribution in [3.05, 3.63) is 22.4 Å². The molecule has 2 saturated heterocycles. The molecule has 5 nitrogen and oxygen atoms in total. The summed E-state index contributed by atoms with van der Waals surface area (Å²) in [5, 5.41) is 7.02. The third-order valence-corrected chi connectivity index (χ3v) is 6.45. The molecular weight excluding hydrogens is 308 g/mol. The monoisotopic (exact) mass is 328 g/mol. The van der Waals surface area contributed by atoms with Gasteiger partial charge in [-0.15, -0.1) is 0 Å². The van der Waals surface area contributed by atoms with Gasteiger partial charge in [-0.2, -0.15) is 15.6 Å². The number of hydrogen-bond donors (Lipinski definition) is 1. The quantitative estimate of drug-likeness (QED) is 0.907. The predicted octanol–water partition coefficient (Wildman–Crippen LogP) is 1.36. The van der Waals surface area contributed by atoms with Crippen molar-refractivity contribution in [1.29, 1.82) is 0 Å². The van der Waals surface area contributed by atoms with Crippen LogP contribution in [0.25, 0.3) is 0 Å². The highest BCUT2D eigenvalue weighted by Crippen LogP contribution is 2.37. The summed E-state index contributed by atoms with van der Waals surface area (Å²) >= 11 is 1.59. The molecule has 2 fully saturated rings. The molecule has 116 valence electrons. The molecule has 3 heterocycles. The molecule has 1 N–H and O–H groups in total. The Hall–Kier alpha value is -0.920. The summed E-state index contributed by atoms with van der Waals surface area (Å²) in [6.45, 7) is 0. The number of carbonyl (C=O) groups excluding carboxylic acids is 1. The van der Waals surface area contributed by atoms with E-state index in [1.54, 1.807) is 15.6 Å². The van der Waals surface area contributed by atoms with Gasteiger partial charge in [-0.25, -0.2) is 8.42 Å². The normalized spacial score (nSPS) is 29.5. The van der Waals surface area contributed by atoms with Crippen LogP contribution in [-0.2, 0) is 21.2 Å². The van der Waals surface area contributed by atoms with Crippen molar-refractivity contribution < 1.29 is 13.2 Å². The minimum absolute atomic E-state index is 0.0330. The standard InChI is InChI=1S/C14H20N2O3S2/c1-21(18,19)16-12-2-3-13(16)8-11(7-12)15-14(17)6-10-4-5-20-9-10/h4-5,9,11-13H,2-3,6-8H2,1H3,(H,15,17)/t12-,13-/m0/s1. The number of amides is 1. The third-order valence-electron chi connectivity index (χ3n) is 4.36. The molecular formula is C14H20N2O3S2. The van der Waals surface area contributed by atoms with Gasteiger partial charge in [0.2, 0.25) is 15.9 Å². The van der Waals surface area contributed by atoms with E-state index in [2.05, 4.69) is 5.32 Å². The number of rotatable bonds is 4. The van der Waals surface area contributed by atoms with Gasteiger partial charge in [0.05, 0.1) is 12.7 Å². The largest absolute Gasteiger partial charge is 0.353 e. The fraction of sp³-hybridized carbons (Fsp3) is 0.643. The molecule has 2 atom stereocenters. The Kier molecular flexibility index (Phi) is 4.07. The summed E-state index contributed by atoms with van der Waals surface area (Å²) in [6, 6.07) is 2.18. The molecule has 7 heteroatoms. The first kappa shape index (κ1) is 15.0. The lowest BCUT2D eigenvalue weighted by Crippen LogP contribution is -2.52. The summed E-state index contributed by atoms with van der Waals surface area (Å²) in [5.74, 6) is 0.0330. The van der Waals surface area contributed by atoms with Crippen molar-refractivity contribution in [2.75, 3.05) is 6.26 Å². The molecule has 0 radical (unpaired) electrons. The first-order chi connectivity index (χ1) is 9.93. The van der Waals surface area contributed by atoms with Crippen molar-refractivity contribution >= 4 is 27.3 Å². The van der Waals surface area contributed by atoms with Crippen LogP contribution in [0.2, 0.25) is 0 Å². The van der Waals surface area contributed by atoms with Gasteiger partial charge in [-0.1, -0.05) is 0 Å². The number of nitrogens with zero attached hydrogens (tertiary/aromatic N) is 1. The summed E-state index contributed by atoms with van der Waals surface area (Å²) in [6.07, 6.45) is 4.99. The van der Waals surface area contributed by atoms with Crippen molar-refractivity contribution in [2.45, 2.75) is 50.2 Å². The van der Waals surface area contributed by atoms with E-state index in [1.807, 2.05) is 16.8 Å². The van der Waals surface area contributed by atoms with Crippen LogP contribution in [0.1, 0.15) is 31.2 Å². The Morgan fingerprint density at radius 1 is 1.38 bits per heavy atom. The van der Waals surface area contributed by atoms with Gasteiger partial charge < -0.3 is 5.32 Å². The highest BCUT2D eigenvalue weighted by Gasteiger charge is 2.45. The number of nitrogens with one attached hydrogen (secondary N) is 1.